The van der Waals surface area contributed by atoms with E-state index in [0.717, 1.165) is 36.0 Å². The van der Waals surface area contributed by atoms with Gasteiger partial charge in [0.05, 0.1) is 12.6 Å². The molecule has 1 aromatic heterocycles. The molecule has 1 aliphatic rings. The van der Waals surface area contributed by atoms with Crippen LogP contribution in [0.25, 0.3) is 11.0 Å². The van der Waals surface area contributed by atoms with E-state index in [-0.39, 0.29) is 0 Å². The van der Waals surface area contributed by atoms with E-state index in [1.165, 1.54) is 37.6 Å². The van der Waals surface area contributed by atoms with Crippen LogP contribution in [0.15, 0.2) is 18.2 Å². The van der Waals surface area contributed by atoms with E-state index in [1.54, 1.807) is 7.11 Å². The number of aryl methyl sites for hydroxylation is 1. The van der Waals surface area contributed by atoms with Crippen molar-refractivity contribution < 1.29 is 4.74 Å². The standard InChI is InChI=1S/C17H23ClN2O/c1-21-15-9-5-8-14-17(15)19-16(10-11-18)20(14)12-13-6-3-2-4-7-13/h5,8-9,13H,2-4,6-7,10-12H2,1H3. The van der Waals surface area contributed by atoms with Gasteiger partial charge in [-0.15, -0.1) is 11.6 Å². The van der Waals surface area contributed by atoms with Gasteiger partial charge < -0.3 is 9.30 Å². The number of hydrogen-bond donors (Lipinski definition) is 0. The largest absolute Gasteiger partial charge is 0.494 e. The van der Waals surface area contributed by atoms with Gasteiger partial charge in [-0.1, -0.05) is 25.3 Å². The highest BCUT2D eigenvalue weighted by molar-refractivity contribution is 6.17. The van der Waals surface area contributed by atoms with Gasteiger partial charge in [0, 0.05) is 18.8 Å². The Hall–Kier alpha value is -1.22. The van der Waals surface area contributed by atoms with E-state index < -0.39 is 0 Å². The number of halogens is 1. The minimum atomic E-state index is 0.607. The number of aromatic nitrogens is 2. The Balaban J connectivity index is 1.99. The number of benzene rings is 1. The third-order valence-electron chi connectivity index (χ3n) is 4.52. The predicted molar refractivity (Wildman–Crippen MR) is 87.3 cm³/mol. The summed E-state index contributed by atoms with van der Waals surface area (Å²) in [5.41, 5.74) is 2.15. The average Bonchev–Trinajstić information content (AvgIpc) is 2.87. The molecule has 0 N–H and O–H groups in total. The number of methoxy groups -OCH3 is 1. The van der Waals surface area contributed by atoms with Crippen LogP contribution in [0.5, 0.6) is 5.75 Å². The molecule has 0 bridgehead atoms. The van der Waals surface area contributed by atoms with Crippen LogP contribution in [0.2, 0.25) is 0 Å². The lowest BCUT2D eigenvalue weighted by molar-refractivity contribution is 0.319. The summed E-state index contributed by atoms with van der Waals surface area (Å²) in [7, 11) is 1.70. The molecule has 3 rings (SSSR count). The van der Waals surface area contributed by atoms with Crippen LogP contribution in [0.1, 0.15) is 37.9 Å². The molecule has 4 heteroatoms. The summed E-state index contributed by atoms with van der Waals surface area (Å²) in [5, 5.41) is 0. The second kappa shape index (κ2) is 6.69. The normalized spacial score (nSPS) is 16.5. The van der Waals surface area contributed by atoms with Gasteiger partial charge in [-0.05, 0) is 30.9 Å². The molecule has 0 atom stereocenters. The first-order chi connectivity index (χ1) is 10.3. The maximum absolute atomic E-state index is 5.97. The number of nitrogens with zero attached hydrogens (tertiary/aromatic N) is 2. The molecule has 1 heterocycles. The second-order valence-corrected chi connectivity index (χ2v) is 6.29. The van der Waals surface area contributed by atoms with E-state index in [9.17, 15) is 0 Å². The molecule has 0 saturated heterocycles. The summed E-state index contributed by atoms with van der Waals surface area (Å²) in [5.74, 6) is 3.33. The Morgan fingerprint density at radius 3 is 2.81 bits per heavy atom. The molecule has 1 aliphatic carbocycles. The number of para-hydroxylation sites is 1. The number of ether oxygens (including phenoxy) is 1. The number of hydrogen-bond acceptors (Lipinski definition) is 2. The van der Waals surface area contributed by atoms with E-state index >= 15 is 0 Å². The highest BCUT2D eigenvalue weighted by Crippen LogP contribution is 2.30. The SMILES string of the molecule is COc1cccc2c1nc(CCCl)n2CC1CCCCC1. The molecular weight excluding hydrogens is 284 g/mol. The van der Waals surface area contributed by atoms with Crippen molar-refractivity contribution in [1.29, 1.82) is 0 Å². The first kappa shape index (κ1) is 14.7. The topological polar surface area (TPSA) is 27.1 Å². The number of alkyl halides is 1. The van der Waals surface area contributed by atoms with Crippen LogP contribution >= 0.6 is 11.6 Å². The molecule has 0 amide bonds. The molecule has 1 saturated carbocycles. The van der Waals surface area contributed by atoms with Crippen LogP contribution in [0.3, 0.4) is 0 Å². The van der Waals surface area contributed by atoms with E-state index in [2.05, 4.69) is 10.6 Å². The first-order valence-electron chi connectivity index (χ1n) is 7.91. The third-order valence-corrected chi connectivity index (χ3v) is 4.71. The van der Waals surface area contributed by atoms with Gasteiger partial charge in [0.2, 0.25) is 0 Å². The van der Waals surface area contributed by atoms with E-state index in [0.29, 0.717) is 5.88 Å². The maximum atomic E-state index is 5.97. The van der Waals surface area contributed by atoms with Crippen molar-refractivity contribution in [3.63, 3.8) is 0 Å². The fraction of sp³-hybridized carbons (Fsp3) is 0.588. The van der Waals surface area contributed by atoms with Crippen molar-refractivity contribution >= 4 is 22.6 Å². The summed E-state index contributed by atoms with van der Waals surface area (Å²) >= 11 is 5.97. The van der Waals surface area contributed by atoms with Crippen molar-refractivity contribution in [2.24, 2.45) is 5.92 Å². The van der Waals surface area contributed by atoms with Crippen LogP contribution in [0.4, 0.5) is 0 Å². The number of imidazole rings is 1. The summed E-state index contributed by atoms with van der Waals surface area (Å²) in [4.78, 5) is 4.79. The second-order valence-electron chi connectivity index (χ2n) is 5.91. The fourth-order valence-electron chi connectivity index (χ4n) is 3.44. The number of rotatable bonds is 5. The molecule has 1 fully saturated rings. The van der Waals surface area contributed by atoms with Gasteiger partial charge in [-0.25, -0.2) is 4.98 Å². The number of fused-ring (bicyclic) bond motifs is 1. The molecule has 0 radical (unpaired) electrons. The van der Waals surface area contributed by atoms with Gasteiger partial charge in [0.1, 0.15) is 17.1 Å². The molecule has 0 spiro atoms. The van der Waals surface area contributed by atoms with Crippen LogP contribution in [-0.2, 0) is 13.0 Å². The highest BCUT2D eigenvalue weighted by Gasteiger charge is 2.19. The van der Waals surface area contributed by atoms with Gasteiger partial charge in [0.25, 0.3) is 0 Å². The quantitative estimate of drug-likeness (QED) is 0.765. The zero-order valence-corrected chi connectivity index (χ0v) is 13.4. The van der Waals surface area contributed by atoms with Crippen LogP contribution in [-0.4, -0.2) is 22.5 Å². The first-order valence-corrected chi connectivity index (χ1v) is 8.45. The van der Waals surface area contributed by atoms with Crippen molar-refractivity contribution in [1.82, 2.24) is 9.55 Å². The lowest BCUT2D eigenvalue weighted by atomic mass is 9.89. The Labute approximate surface area is 131 Å². The monoisotopic (exact) mass is 306 g/mol. The summed E-state index contributed by atoms with van der Waals surface area (Å²) in [6.07, 6.45) is 7.61. The molecule has 3 nitrogen and oxygen atoms in total. The average molecular weight is 307 g/mol. The minimum absolute atomic E-state index is 0.607. The highest BCUT2D eigenvalue weighted by atomic mass is 35.5. The van der Waals surface area contributed by atoms with Crippen LogP contribution in [0, 0.1) is 5.92 Å². The molecule has 0 unspecified atom stereocenters. The lowest BCUT2D eigenvalue weighted by Crippen LogP contribution is -2.16. The minimum Gasteiger partial charge on any atom is -0.494 e. The molecular formula is C17H23ClN2O. The molecule has 1 aromatic carbocycles. The lowest BCUT2D eigenvalue weighted by Gasteiger charge is -2.23. The van der Waals surface area contributed by atoms with Crippen LogP contribution < -0.4 is 4.74 Å². The molecule has 0 aliphatic heterocycles. The summed E-state index contributed by atoms with van der Waals surface area (Å²) in [6.45, 7) is 1.07. The van der Waals surface area contributed by atoms with E-state index in [1.807, 2.05) is 12.1 Å². The van der Waals surface area contributed by atoms with Crippen molar-refractivity contribution in [2.75, 3.05) is 13.0 Å². The van der Waals surface area contributed by atoms with Crippen molar-refractivity contribution in [3.05, 3.63) is 24.0 Å². The Kier molecular flexibility index (Phi) is 4.69. The zero-order chi connectivity index (χ0) is 14.7. The van der Waals surface area contributed by atoms with Gasteiger partial charge in [0.15, 0.2) is 0 Å². The molecule has 21 heavy (non-hydrogen) atoms. The Morgan fingerprint density at radius 1 is 1.29 bits per heavy atom. The van der Waals surface area contributed by atoms with Gasteiger partial charge >= 0.3 is 0 Å². The smallest absolute Gasteiger partial charge is 0.146 e. The Bertz CT molecular complexity index is 602. The Morgan fingerprint density at radius 2 is 2.10 bits per heavy atom. The van der Waals surface area contributed by atoms with E-state index in [4.69, 9.17) is 21.3 Å². The van der Waals surface area contributed by atoms with Crippen molar-refractivity contribution in [2.45, 2.75) is 45.1 Å². The summed E-state index contributed by atoms with van der Waals surface area (Å²) in [6, 6.07) is 6.17. The van der Waals surface area contributed by atoms with Crippen molar-refractivity contribution in [3.8, 4) is 5.75 Å². The molecule has 2 aromatic rings. The maximum Gasteiger partial charge on any atom is 0.146 e. The zero-order valence-electron chi connectivity index (χ0n) is 12.6. The molecule has 114 valence electrons. The van der Waals surface area contributed by atoms with Gasteiger partial charge in [-0.3, -0.25) is 0 Å². The van der Waals surface area contributed by atoms with Gasteiger partial charge in [-0.2, -0.15) is 0 Å². The third kappa shape index (κ3) is 3.03. The predicted octanol–water partition coefficient (Wildman–Crippen LogP) is 4.41. The summed E-state index contributed by atoms with van der Waals surface area (Å²) < 4.78 is 7.83. The fourth-order valence-corrected chi connectivity index (χ4v) is 3.61.